The third kappa shape index (κ3) is 4.12. The van der Waals surface area contributed by atoms with E-state index in [1.54, 1.807) is 0 Å². The Morgan fingerprint density at radius 2 is 1.92 bits per heavy atom. The lowest BCUT2D eigenvalue weighted by Crippen LogP contribution is -2.34. The van der Waals surface area contributed by atoms with Gasteiger partial charge in [-0.25, -0.2) is 9.97 Å². The van der Waals surface area contributed by atoms with Crippen molar-refractivity contribution in [2.45, 2.75) is 32.6 Å². The number of para-hydroxylation sites is 1. The first-order chi connectivity index (χ1) is 11.5. The van der Waals surface area contributed by atoms with Crippen LogP contribution in [-0.2, 0) is 11.0 Å². The zero-order chi connectivity index (χ0) is 17.2. The molecule has 7 heteroatoms. The van der Waals surface area contributed by atoms with E-state index in [1.807, 2.05) is 18.2 Å². The topological polar surface area (TPSA) is 86.6 Å². The average molecular weight is 349 g/mol. The Hall–Kier alpha value is -1.49. The first-order valence-electron chi connectivity index (χ1n) is 8.51. The van der Waals surface area contributed by atoms with E-state index in [1.165, 1.54) is 0 Å². The highest BCUT2D eigenvalue weighted by Gasteiger charge is 2.24. The molecule has 6 nitrogen and oxygen atoms in total. The Kier molecular flexibility index (Phi) is 5.18. The number of aryl methyl sites for hydroxylation is 1. The summed E-state index contributed by atoms with van der Waals surface area (Å²) in [5, 5.41) is 1.07. The minimum Gasteiger partial charge on any atom is -0.356 e. The van der Waals surface area contributed by atoms with Gasteiger partial charge in [-0.2, -0.15) is 0 Å². The molecule has 1 aromatic carbocycles. The van der Waals surface area contributed by atoms with Crippen molar-refractivity contribution in [3.05, 3.63) is 30.1 Å². The van der Waals surface area contributed by atoms with Crippen LogP contribution in [0.15, 0.2) is 24.3 Å². The minimum atomic E-state index is -3.88. The van der Waals surface area contributed by atoms with Crippen molar-refractivity contribution >= 4 is 24.3 Å². The van der Waals surface area contributed by atoms with Crippen LogP contribution >= 0.6 is 7.60 Å². The molecule has 0 saturated carbocycles. The molecule has 24 heavy (non-hydrogen) atoms. The highest BCUT2D eigenvalue weighted by atomic mass is 31.2. The van der Waals surface area contributed by atoms with Crippen LogP contribution in [0.3, 0.4) is 0 Å². The zero-order valence-corrected chi connectivity index (χ0v) is 14.8. The fourth-order valence-corrected chi connectivity index (χ4v) is 3.99. The summed E-state index contributed by atoms with van der Waals surface area (Å²) in [5.74, 6) is 2.23. The molecule has 2 N–H and O–H groups in total. The third-order valence-electron chi connectivity index (χ3n) is 4.69. The number of aromatic nitrogens is 2. The first kappa shape index (κ1) is 17.3. The molecular formula is C17H24N3O3P. The van der Waals surface area contributed by atoms with Gasteiger partial charge in [-0.1, -0.05) is 19.1 Å². The van der Waals surface area contributed by atoms with Crippen molar-refractivity contribution in [2.75, 3.05) is 24.2 Å². The summed E-state index contributed by atoms with van der Waals surface area (Å²) >= 11 is 0. The first-order valence-corrected chi connectivity index (χ1v) is 10.3. The minimum absolute atomic E-state index is 0.00587. The standard InChI is InChI=1S/C17H24N3O3P/c1-2-16-18-15-6-4-3-5-14(15)17(19-16)20-10-7-13(8-11-20)9-12-24(21,22)23/h3-6,13H,2,7-12H2,1H3,(H2,21,22,23). The fourth-order valence-electron chi connectivity index (χ4n) is 3.29. The second-order valence-electron chi connectivity index (χ2n) is 6.44. The van der Waals surface area contributed by atoms with Crippen molar-refractivity contribution in [1.29, 1.82) is 0 Å². The second kappa shape index (κ2) is 7.18. The van der Waals surface area contributed by atoms with Gasteiger partial charge in [0.15, 0.2) is 0 Å². The van der Waals surface area contributed by atoms with E-state index in [4.69, 9.17) is 14.8 Å². The molecule has 3 rings (SSSR count). The number of anilines is 1. The van der Waals surface area contributed by atoms with Crippen molar-refractivity contribution < 1.29 is 14.4 Å². The monoisotopic (exact) mass is 349 g/mol. The van der Waals surface area contributed by atoms with Crippen LogP contribution in [0.1, 0.15) is 32.0 Å². The quantitative estimate of drug-likeness (QED) is 0.807. The molecule has 0 atom stereocenters. The normalized spacial score (nSPS) is 16.7. The van der Waals surface area contributed by atoms with Crippen LogP contribution in [0.2, 0.25) is 0 Å². The number of hydrogen-bond acceptors (Lipinski definition) is 4. The number of benzene rings is 1. The van der Waals surface area contributed by atoms with E-state index in [9.17, 15) is 4.57 Å². The maximum Gasteiger partial charge on any atom is 0.325 e. The van der Waals surface area contributed by atoms with Crippen molar-refractivity contribution in [3.63, 3.8) is 0 Å². The van der Waals surface area contributed by atoms with Crippen molar-refractivity contribution in [3.8, 4) is 0 Å². The molecule has 0 aliphatic carbocycles. The van der Waals surface area contributed by atoms with Crippen LogP contribution in [0.5, 0.6) is 0 Å². The van der Waals surface area contributed by atoms with Gasteiger partial charge in [0, 0.05) is 24.9 Å². The van der Waals surface area contributed by atoms with Gasteiger partial charge in [0.25, 0.3) is 0 Å². The Morgan fingerprint density at radius 1 is 1.21 bits per heavy atom. The highest BCUT2D eigenvalue weighted by Crippen LogP contribution is 2.38. The predicted octanol–water partition coefficient (Wildman–Crippen LogP) is 2.98. The molecule has 2 aromatic rings. The maximum atomic E-state index is 11.0. The van der Waals surface area contributed by atoms with E-state index in [2.05, 4.69) is 22.9 Å². The molecule has 1 aromatic heterocycles. The molecule has 2 heterocycles. The summed E-state index contributed by atoms with van der Waals surface area (Å²) in [6.07, 6.45) is 3.28. The third-order valence-corrected chi connectivity index (χ3v) is 5.53. The van der Waals surface area contributed by atoms with E-state index in [-0.39, 0.29) is 6.16 Å². The smallest absolute Gasteiger partial charge is 0.325 e. The van der Waals surface area contributed by atoms with E-state index >= 15 is 0 Å². The summed E-state index contributed by atoms with van der Waals surface area (Å²) < 4.78 is 11.0. The number of hydrogen-bond donors (Lipinski definition) is 2. The fraction of sp³-hybridized carbons (Fsp3) is 0.529. The van der Waals surface area contributed by atoms with Crippen LogP contribution in [-0.4, -0.2) is 39.0 Å². The SMILES string of the molecule is CCc1nc(N2CCC(CCP(=O)(O)O)CC2)c2ccccc2n1. The predicted molar refractivity (Wildman–Crippen MR) is 95.4 cm³/mol. The molecule has 1 aliphatic rings. The summed E-state index contributed by atoms with van der Waals surface area (Å²) in [4.78, 5) is 29.7. The van der Waals surface area contributed by atoms with Gasteiger partial charge in [-0.3, -0.25) is 4.57 Å². The average Bonchev–Trinajstić information content (AvgIpc) is 2.59. The van der Waals surface area contributed by atoms with Crippen LogP contribution in [0.4, 0.5) is 5.82 Å². The molecule has 0 amide bonds. The molecule has 0 unspecified atom stereocenters. The maximum absolute atomic E-state index is 11.0. The molecule has 130 valence electrons. The summed E-state index contributed by atoms with van der Waals surface area (Å²) in [6, 6.07) is 8.08. The molecule has 1 saturated heterocycles. The summed E-state index contributed by atoms with van der Waals surface area (Å²) in [7, 11) is -3.88. The Labute approximate surface area is 142 Å². The molecule has 1 fully saturated rings. The van der Waals surface area contributed by atoms with E-state index in [0.717, 1.165) is 54.9 Å². The van der Waals surface area contributed by atoms with Gasteiger partial charge in [0.2, 0.25) is 0 Å². The van der Waals surface area contributed by atoms with Gasteiger partial charge in [0.05, 0.1) is 11.7 Å². The largest absolute Gasteiger partial charge is 0.356 e. The van der Waals surface area contributed by atoms with Gasteiger partial charge in [0.1, 0.15) is 11.6 Å². The lowest BCUT2D eigenvalue weighted by Gasteiger charge is -2.33. The number of fused-ring (bicyclic) bond motifs is 1. The van der Waals surface area contributed by atoms with Gasteiger partial charge < -0.3 is 14.7 Å². The lowest BCUT2D eigenvalue weighted by atomic mass is 9.94. The van der Waals surface area contributed by atoms with Crippen molar-refractivity contribution in [2.24, 2.45) is 5.92 Å². The van der Waals surface area contributed by atoms with Gasteiger partial charge in [-0.15, -0.1) is 0 Å². The zero-order valence-electron chi connectivity index (χ0n) is 13.9. The Balaban J connectivity index is 1.74. The molecule has 0 spiro atoms. The molecule has 0 bridgehead atoms. The van der Waals surface area contributed by atoms with Crippen LogP contribution in [0, 0.1) is 5.92 Å². The second-order valence-corrected chi connectivity index (χ2v) is 8.22. The highest BCUT2D eigenvalue weighted by molar-refractivity contribution is 7.51. The van der Waals surface area contributed by atoms with Gasteiger partial charge >= 0.3 is 7.60 Å². The number of rotatable bonds is 5. The lowest BCUT2D eigenvalue weighted by molar-refractivity contribution is 0.350. The molecular weight excluding hydrogens is 325 g/mol. The van der Waals surface area contributed by atoms with E-state index in [0.29, 0.717) is 12.3 Å². The number of piperidine rings is 1. The summed E-state index contributed by atoms with van der Waals surface area (Å²) in [6.45, 7) is 3.80. The molecule has 0 radical (unpaired) electrons. The summed E-state index contributed by atoms with van der Waals surface area (Å²) in [5.41, 5.74) is 0.975. The van der Waals surface area contributed by atoms with Crippen LogP contribution < -0.4 is 4.90 Å². The van der Waals surface area contributed by atoms with Gasteiger partial charge in [-0.05, 0) is 37.3 Å². The molecule has 1 aliphatic heterocycles. The van der Waals surface area contributed by atoms with Crippen molar-refractivity contribution in [1.82, 2.24) is 9.97 Å². The van der Waals surface area contributed by atoms with Crippen LogP contribution in [0.25, 0.3) is 10.9 Å². The Bertz CT molecular complexity index is 754. The number of nitrogens with zero attached hydrogens (tertiary/aromatic N) is 3. The Morgan fingerprint density at radius 3 is 2.58 bits per heavy atom. The van der Waals surface area contributed by atoms with E-state index < -0.39 is 7.60 Å².